The molecule has 3 nitrogen and oxygen atoms in total. The number of esters is 1. The van der Waals surface area contributed by atoms with Crippen molar-refractivity contribution >= 4 is 5.97 Å². The molecule has 2 aromatic carbocycles. The highest BCUT2D eigenvalue weighted by Crippen LogP contribution is 2.27. The van der Waals surface area contributed by atoms with Gasteiger partial charge in [0, 0.05) is 13.1 Å². The van der Waals surface area contributed by atoms with Gasteiger partial charge in [-0.2, -0.15) is 0 Å². The van der Waals surface area contributed by atoms with Gasteiger partial charge in [-0.1, -0.05) is 60.7 Å². The summed E-state index contributed by atoms with van der Waals surface area (Å²) in [6, 6.07) is 18.5. The summed E-state index contributed by atoms with van der Waals surface area (Å²) in [5.41, 5.74) is 1.79. The van der Waals surface area contributed by atoms with E-state index >= 15 is 0 Å². The molecule has 1 aliphatic heterocycles. The maximum Gasteiger partial charge on any atom is 0.328 e. The largest absolute Gasteiger partial charge is 0.459 e. The van der Waals surface area contributed by atoms with Crippen molar-refractivity contribution in [2.24, 2.45) is 0 Å². The normalized spacial score (nSPS) is 19.4. The van der Waals surface area contributed by atoms with E-state index in [9.17, 15) is 9.18 Å². The topological polar surface area (TPSA) is 29.5 Å². The minimum Gasteiger partial charge on any atom is -0.459 e. The van der Waals surface area contributed by atoms with Crippen molar-refractivity contribution in [1.29, 1.82) is 0 Å². The molecule has 0 spiro atoms. The van der Waals surface area contributed by atoms with Crippen molar-refractivity contribution < 1.29 is 13.9 Å². The van der Waals surface area contributed by atoms with Crippen LogP contribution in [-0.2, 0) is 16.1 Å². The van der Waals surface area contributed by atoms with Crippen LogP contribution in [0.1, 0.15) is 23.6 Å². The van der Waals surface area contributed by atoms with Gasteiger partial charge < -0.3 is 4.74 Å². The maximum atomic E-state index is 13.6. The molecule has 120 valence electrons. The third-order valence-electron chi connectivity index (χ3n) is 4.09. The van der Waals surface area contributed by atoms with E-state index in [1.54, 1.807) is 0 Å². The third-order valence-corrected chi connectivity index (χ3v) is 4.09. The average molecular weight is 313 g/mol. The van der Waals surface area contributed by atoms with E-state index < -0.39 is 12.2 Å². The SMILES string of the molecule is O=C(OCc1ccccc1)C(c1ccccc1)N1CC[C@H](F)C1. The first-order valence-electron chi connectivity index (χ1n) is 7.87. The Morgan fingerprint density at radius 2 is 1.78 bits per heavy atom. The van der Waals surface area contributed by atoms with Crippen LogP contribution in [0.5, 0.6) is 0 Å². The van der Waals surface area contributed by atoms with Crippen LogP contribution >= 0.6 is 0 Å². The molecule has 0 N–H and O–H groups in total. The zero-order valence-corrected chi connectivity index (χ0v) is 12.9. The highest BCUT2D eigenvalue weighted by molar-refractivity contribution is 5.77. The Hall–Kier alpha value is -2.20. The lowest BCUT2D eigenvalue weighted by atomic mass is 10.1. The fraction of sp³-hybridized carbons (Fsp3) is 0.316. The smallest absolute Gasteiger partial charge is 0.328 e. The molecule has 1 fully saturated rings. The molecule has 0 saturated carbocycles. The number of halogens is 1. The van der Waals surface area contributed by atoms with Crippen molar-refractivity contribution in [3.63, 3.8) is 0 Å². The van der Waals surface area contributed by atoms with Crippen LogP contribution in [0.2, 0.25) is 0 Å². The number of benzene rings is 2. The number of ether oxygens (including phenoxy) is 1. The van der Waals surface area contributed by atoms with E-state index in [4.69, 9.17) is 4.74 Å². The number of rotatable bonds is 5. The number of hydrogen-bond donors (Lipinski definition) is 0. The molecule has 2 atom stereocenters. The van der Waals surface area contributed by atoms with Gasteiger partial charge in [0.05, 0.1) is 0 Å². The predicted octanol–water partition coefficient (Wildman–Crippen LogP) is 3.51. The second-order valence-corrected chi connectivity index (χ2v) is 5.79. The molecule has 1 aliphatic rings. The molecule has 23 heavy (non-hydrogen) atoms. The fourth-order valence-corrected chi connectivity index (χ4v) is 2.92. The zero-order valence-electron chi connectivity index (χ0n) is 12.9. The van der Waals surface area contributed by atoms with Crippen molar-refractivity contribution in [1.82, 2.24) is 4.90 Å². The quantitative estimate of drug-likeness (QED) is 0.791. The predicted molar refractivity (Wildman–Crippen MR) is 86.5 cm³/mol. The van der Waals surface area contributed by atoms with Crippen LogP contribution in [0.15, 0.2) is 60.7 Å². The van der Waals surface area contributed by atoms with Gasteiger partial charge in [0.1, 0.15) is 18.8 Å². The Balaban J connectivity index is 1.73. The number of carbonyl (C=O) groups excluding carboxylic acids is 1. The second-order valence-electron chi connectivity index (χ2n) is 5.79. The first kappa shape index (κ1) is 15.7. The summed E-state index contributed by atoms with van der Waals surface area (Å²) in [7, 11) is 0. The molecular formula is C19H20FNO2. The van der Waals surface area contributed by atoms with E-state index in [-0.39, 0.29) is 19.1 Å². The summed E-state index contributed by atoms with van der Waals surface area (Å²) in [6.07, 6.45) is -0.405. The molecule has 0 aliphatic carbocycles. The van der Waals surface area contributed by atoms with Crippen LogP contribution < -0.4 is 0 Å². The van der Waals surface area contributed by atoms with Crippen LogP contribution in [-0.4, -0.2) is 30.1 Å². The number of carbonyl (C=O) groups is 1. The average Bonchev–Trinajstić information content (AvgIpc) is 3.01. The van der Waals surface area contributed by atoms with Gasteiger partial charge >= 0.3 is 5.97 Å². The zero-order chi connectivity index (χ0) is 16.1. The minimum atomic E-state index is -0.872. The molecule has 3 rings (SSSR count). The molecule has 0 bridgehead atoms. The van der Waals surface area contributed by atoms with Crippen LogP contribution in [0.3, 0.4) is 0 Å². The Morgan fingerprint density at radius 1 is 1.13 bits per heavy atom. The first-order valence-corrected chi connectivity index (χ1v) is 7.87. The Labute approximate surface area is 135 Å². The standard InChI is InChI=1S/C19H20FNO2/c20-17-11-12-21(13-17)18(16-9-5-2-6-10-16)19(22)23-14-15-7-3-1-4-8-15/h1-10,17-18H,11-14H2/t17-,18?/m0/s1. The van der Waals surface area contributed by atoms with Crippen molar-refractivity contribution in [3.05, 3.63) is 71.8 Å². The lowest BCUT2D eigenvalue weighted by Crippen LogP contribution is -2.34. The Morgan fingerprint density at radius 3 is 2.39 bits per heavy atom. The van der Waals surface area contributed by atoms with Gasteiger partial charge in [-0.15, -0.1) is 0 Å². The Kier molecular flexibility index (Phi) is 5.03. The van der Waals surface area contributed by atoms with Crippen molar-refractivity contribution in [2.75, 3.05) is 13.1 Å². The van der Waals surface area contributed by atoms with E-state index in [0.717, 1.165) is 11.1 Å². The monoisotopic (exact) mass is 313 g/mol. The summed E-state index contributed by atoms with van der Waals surface area (Å²) < 4.78 is 19.1. The highest BCUT2D eigenvalue weighted by Gasteiger charge is 2.34. The lowest BCUT2D eigenvalue weighted by molar-refractivity contribution is -0.151. The van der Waals surface area contributed by atoms with E-state index in [2.05, 4.69) is 0 Å². The number of hydrogen-bond acceptors (Lipinski definition) is 3. The van der Waals surface area contributed by atoms with Gasteiger partial charge in [-0.05, 0) is 17.5 Å². The molecule has 0 amide bonds. The second kappa shape index (κ2) is 7.38. The number of nitrogens with zero attached hydrogens (tertiary/aromatic N) is 1. The molecule has 1 unspecified atom stereocenters. The summed E-state index contributed by atoms with van der Waals surface area (Å²) >= 11 is 0. The van der Waals surface area contributed by atoms with Crippen molar-refractivity contribution in [2.45, 2.75) is 25.2 Å². The molecule has 0 radical (unpaired) electrons. The lowest BCUT2D eigenvalue weighted by Gasteiger charge is -2.26. The van der Waals surface area contributed by atoms with Gasteiger partial charge in [0.25, 0.3) is 0 Å². The highest BCUT2D eigenvalue weighted by atomic mass is 19.1. The molecule has 4 heteroatoms. The van der Waals surface area contributed by atoms with Gasteiger partial charge in [0.2, 0.25) is 0 Å². The van der Waals surface area contributed by atoms with Crippen LogP contribution in [0.4, 0.5) is 4.39 Å². The van der Waals surface area contributed by atoms with Crippen molar-refractivity contribution in [3.8, 4) is 0 Å². The van der Waals surface area contributed by atoms with Gasteiger partial charge in [-0.25, -0.2) is 9.18 Å². The number of likely N-dealkylation sites (tertiary alicyclic amines) is 1. The summed E-state index contributed by atoms with van der Waals surface area (Å²) in [6.45, 7) is 1.08. The molecular weight excluding hydrogens is 293 g/mol. The molecule has 1 heterocycles. The van der Waals surface area contributed by atoms with Crippen LogP contribution in [0, 0.1) is 0 Å². The molecule has 0 aromatic heterocycles. The Bertz CT molecular complexity index is 632. The van der Waals surface area contributed by atoms with E-state index in [1.807, 2.05) is 65.6 Å². The number of alkyl halides is 1. The first-order chi connectivity index (χ1) is 11.2. The minimum absolute atomic E-state index is 0.232. The van der Waals surface area contributed by atoms with Gasteiger partial charge in [-0.3, -0.25) is 4.90 Å². The maximum absolute atomic E-state index is 13.6. The summed E-state index contributed by atoms with van der Waals surface area (Å²) in [4.78, 5) is 14.5. The van der Waals surface area contributed by atoms with Gasteiger partial charge in [0.15, 0.2) is 0 Å². The van der Waals surface area contributed by atoms with E-state index in [0.29, 0.717) is 13.0 Å². The molecule has 1 saturated heterocycles. The summed E-state index contributed by atoms with van der Waals surface area (Å²) in [5.74, 6) is -0.325. The van der Waals surface area contributed by atoms with E-state index in [1.165, 1.54) is 0 Å². The third kappa shape index (κ3) is 3.96. The fourth-order valence-electron chi connectivity index (χ4n) is 2.92. The molecule has 2 aromatic rings. The summed E-state index contributed by atoms with van der Waals surface area (Å²) in [5, 5.41) is 0. The van der Waals surface area contributed by atoms with Crippen LogP contribution in [0.25, 0.3) is 0 Å².